The number of hydrogen-bond donors (Lipinski definition) is 2. The van der Waals surface area contributed by atoms with Crippen molar-refractivity contribution in [3.8, 4) is 5.88 Å². The normalized spacial score (nSPS) is 19.1. The van der Waals surface area contributed by atoms with Gasteiger partial charge in [-0.15, -0.1) is 0 Å². The third kappa shape index (κ3) is 2.29. The van der Waals surface area contributed by atoms with Crippen molar-refractivity contribution >= 4 is 17.4 Å². The molecule has 7 nitrogen and oxygen atoms in total. The molecule has 0 aromatic carbocycles. The number of anilines is 2. The number of nitrogens with two attached hydrogens (primary N) is 1. The molecule has 98 valence electrons. The lowest BCUT2D eigenvalue weighted by molar-refractivity contribution is -0.127. The minimum absolute atomic E-state index is 0.0472. The van der Waals surface area contributed by atoms with E-state index in [9.17, 15) is 4.79 Å². The van der Waals surface area contributed by atoms with Gasteiger partial charge in [0.25, 0.3) is 0 Å². The lowest BCUT2D eigenvalue weighted by Gasteiger charge is -2.15. The van der Waals surface area contributed by atoms with Gasteiger partial charge < -0.3 is 20.7 Å². The molecule has 1 amide bonds. The van der Waals surface area contributed by atoms with Gasteiger partial charge >= 0.3 is 0 Å². The number of hydrogen-bond acceptors (Lipinski definition) is 6. The summed E-state index contributed by atoms with van der Waals surface area (Å²) in [6.07, 6.45) is 2.11. The highest BCUT2D eigenvalue weighted by atomic mass is 16.5. The maximum absolute atomic E-state index is 11.8. The first-order valence-corrected chi connectivity index (χ1v) is 5.88. The van der Waals surface area contributed by atoms with Crippen LogP contribution in [0.2, 0.25) is 0 Å². The molecule has 1 aliphatic rings. The molecule has 1 aromatic heterocycles. The molecule has 2 heterocycles. The summed E-state index contributed by atoms with van der Waals surface area (Å²) in [5.74, 6) is 0.835. The molecule has 0 radical (unpaired) electrons. The highest BCUT2D eigenvalue weighted by Crippen LogP contribution is 2.26. The van der Waals surface area contributed by atoms with Gasteiger partial charge in [0.15, 0.2) is 5.82 Å². The molecular weight excluding hydrogens is 234 g/mol. The topological polar surface area (TPSA) is 93.4 Å². The van der Waals surface area contributed by atoms with Gasteiger partial charge in [-0.2, -0.15) is 4.98 Å². The van der Waals surface area contributed by atoms with E-state index in [0.717, 1.165) is 13.0 Å². The van der Waals surface area contributed by atoms with Crippen molar-refractivity contribution in [3.63, 3.8) is 0 Å². The van der Waals surface area contributed by atoms with Crippen LogP contribution in [0.1, 0.15) is 13.3 Å². The van der Waals surface area contributed by atoms with E-state index in [1.165, 1.54) is 6.33 Å². The number of likely N-dealkylation sites (N-methyl/N-ethyl adjacent to an activating group) is 1. The third-order valence-electron chi connectivity index (χ3n) is 2.87. The quantitative estimate of drug-likeness (QED) is 0.788. The SMILES string of the molecule is CCOc1ncnc(NC2CCN(C)C2=O)c1N. The number of ether oxygens (including phenoxy) is 1. The molecule has 1 saturated heterocycles. The van der Waals surface area contributed by atoms with Gasteiger partial charge in [-0.25, -0.2) is 4.98 Å². The maximum Gasteiger partial charge on any atom is 0.244 e. The Morgan fingerprint density at radius 3 is 3.00 bits per heavy atom. The summed E-state index contributed by atoms with van der Waals surface area (Å²) < 4.78 is 5.28. The summed E-state index contributed by atoms with van der Waals surface area (Å²) in [6, 6.07) is -0.276. The number of nitrogens with zero attached hydrogens (tertiary/aromatic N) is 3. The minimum atomic E-state index is -0.276. The van der Waals surface area contributed by atoms with Crippen molar-refractivity contribution in [2.45, 2.75) is 19.4 Å². The highest BCUT2D eigenvalue weighted by Gasteiger charge is 2.29. The van der Waals surface area contributed by atoms with Gasteiger partial charge in [0.1, 0.15) is 18.1 Å². The zero-order valence-electron chi connectivity index (χ0n) is 10.5. The molecule has 1 unspecified atom stereocenters. The van der Waals surface area contributed by atoms with Crippen LogP contribution in [0.4, 0.5) is 11.5 Å². The standard InChI is InChI=1S/C11H17N5O2/c1-3-18-10-8(12)9(13-6-14-10)15-7-4-5-16(2)11(7)17/h6-7H,3-5,12H2,1-2H3,(H,13,14,15). The first-order valence-electron chi connectivity index (χ1n) is 5.88. The van der Waals surface area contributed by atoms with Gasteiger partial charge in [-0.1, -0.05) is 0 Å². The van der Waals surface area contributed by atoms with Crippen LogP contribution in [0.5, 0.6) is 5.88 Å². The van der Waals surface area contributed by atoms with Crippen molar-refractivity contribution in [2.75, 3.05) is 31.2 Å². The largest absolute Gasteiger partial charge is 0.476 e. The first-order chi connectivity index (χ1) is 8.63. The Kier molecular flexibility index (Phi) is 3.50. The summed E-state index contributed by atoms with van der Waals surface area (Å²) in [4.78, 5) is 21.4. The molecular formula is C11H17N5O2. The van der Waals surface area contributed by atoms with Crippen LogP contribution in [-0.2, 0) is 4.79 Å². The predicted molar refractivity (Wildman–Crippen MR) is 67.3 cm³/mol. The molecule has 1 aromatic rings. The van der Waals surface area contributed by atoms with Crippen LogP contribution in [0.15, 0.2) is 6.33 Å². The molecule has 0 bridgehead atoms. The number of amides is 1. The lowest BCUT2D eigenvalue weighted by Crippen LogP contribution is -2.31. The molecule has 1 atom stereocenters. The fraction of sp³-hybridized carbons (Fsp3) is 0.545. The number of aromatic nitrogens is 2. The van der Waals surface area contributed by atoms with Gasteiger partial charge in [0.2, 0.25) is 11.8 Å². The molecule has 1 aliphatic heterocycles. The number of carbonyl (C=O) groups is 1. The van der Waals surface area contributed by atoms with Crippen molar-refractivity contribution in [2.24, 2.45) is 0 Å². The molecule has 0 saturated carbocycles. The second kappa shape index (κ2) is 5.07. The lowest BCUT2D eigenvalue weighted by atomic mass is 10.2. The third-order valence-corrected chi connectivity index (χ3v) is 2.87. The van der Waals surface area contributed by atoms with Gasteiger partial charge in [0.05, 0.1) is 6.61 Å². The second-order valence-corrected chi connectivity index (χ2v) is 4.12. The first kappa shape index (κ1) is 12.4. The fourth-order valence-electron chi connectivity index (χ4n) is 1.87. The average molecular weight is 251 g/mol. The summed E-state index contributed by atoms with van der Waals surface area (Å²) in [5.41, 5.74) is 6.23. The maximum atomic E-state index is 11.8. The number of nitrogens with one attached hydrogen (secondary N) is 1. The van der Waals surface area contributed by atoms with E-state index >= 15 is 0 Å². The highest BCUT2D eigenvalue weighted by molar-refractivity contribution is 5.87. The van der Waals surface area contributed by atoms with Crippen LogP contribution >= 0.6 is 0 Å². The van der Waals surface area contributed by atoms with E-state index in [1.807, 2.05) is 6.92 Å². The van der Waals surface area contributed by atoms with Gasteiger partial charge in [-0.3, -0.25) is 4.79 Å². The van der Waals surface area contributed by atoms with Crippen molar-refractivity contribution in [1.29, 1.82) is 0 Å². The van der Waals surface area contributed by atoms with E-state index in [0.29, 0.717) is 24.0 Å². The van der Waals surface area contributed by atoms with Crippen LogP contribution in [-0.4, -0.2) is 47.0 Å². The van der Waals surface area contributed by atoms with Crippen LogP contribution < -0.4 is 15.8 Å². The van der Waals surface area contributed by atoms with E-state index in [2.05, 4.69) is 15.3 Å². The summed E-state index contributed by atoms with van der Waals surface area (Å²) in [5, 5.41) is 3.04. The Morgan fingerprint density at radius 1 is 1.61 bits per heavy atom. The monoisotopic (exact) mass is 251 g/mol. The molecule has 0 aliphatic carbocycles. The van der Waals surface area contributed by atoms with E-state index < -0.39 is 0 Å². The Labute approximate surface area is 105 Å². The molecule has 3 N–H and O–H groups in total. The Hall–Kier alpha value is -2.05. The van der Waals surface area contributed by atoms with E-state index in [-0.39, 0.29) is 11.9 Å². The smallest absolute Gasteiger partial charge is 0.244 e. The summed E-state index contributed by atoms with van der Waals surface area (Å²) in [7, 11) is 1.78. The minimum Gasteiger partial charge on any atom is -0.476 e. The molecule has 0 spiro atoms. The van der Waals surface area contributed by atoms with Crippen molar-refractivity contribution < 1.29 is 9.53 Å². The van der Waals surface area contributed by atoms with Crippen LogP contribution in [0.25, 0.3) is 0 Å². The predicted octanol–water partition coefficient (Wildman–Crippen LogP) is 0.100. The van der Waals surface area contributed by atoms with Gasteiger partial charge in [0, 0.05) is 13.6 Å². The average Bonchev–Trinajstić information content (AvgIpc) is 2.66. The summed E-state index contributed by atoms with van der Waals surface area (Å²) in [6.45, 7) is 3.07. The van der Waals surface area contributed by atoms with Crippen LogP contribution in [0, 0.1) is 0 Å². The number of nitrogen functional groups attached to an aromatic ring is 1. The zero-order valence-corrected chi connectivity index (χ0v) is 10.5. The second-order valence-electron chi connectivity index (χ2n) is 4.12. The molecule has 18 heavy (non-hydrogen) atoms. The molecule has 7 heteroatoms. The number of likely N-dealkylation sites (tertiary alicyclic amines) is 1. The van der Waals surface area contributed by atoms with Gasteiger partial charge in [-0.05, 0) is 13.3 Å². The van der Waals surface area contributed by atoms with Crippen molar-refractivity contribution in [3.05, 3.63) is 6.33 Å². The molecule has 1 fully saturated rings. The summed E-state index contributed by atoms with van der Waals surface area (Å²) >= 11 is 0. The van der Waals surface area contributed by atoms with E-state index in [4.69, 9.17) is 10.5 Å². The Bertz CT molecular complexity index is 451. The number of carbonyl (C=O) groups excluding carboxylic acids is 1. The van der Waals surface area contributed by atoms with Crippen molar-refractivity contribution in [1.82, 2.24) is 14.9 Å². The Morgan fingerprint density at radius 2 is 2.39 bits per heavy atom. The van der Waals surface area contributed by atoms with E-state index in [1.54, 1.807) is 11.9 Å². The fourth-order valence-corrected chi connectivity index (χ4v) is 1.87. The van der Waals surface area contributed by atoms with Crippen LogP contribution in [0.3, 0.4) is 0 Å². The zero-order chi connectivity index (χ0) is 13.1. The Balaban J connectivity index is 2.14. The molecule has 2 rings (SSSR count). The number of rotatable bonds is 4.